The van der Waals surface area contributed by atoms with Gasteiger partial charge in [-0.25, -0.2) is 27.8 Å². The molecule has 10 nitrogen and oxygen atoms in total. The first kappa shape index (κ1) is 28.9. The van der Waals surface area contributed by atoms with E-state index in [0.29, 0.717) is 15.6 Å². The third-order valence-corrected chi connectivity index (χ3v) is 9.38. The minimum absolute atomic E-state index is 0.0394. The Labute approximate surface area is 248 Å². The van der Waals surface area contributed by atoms with Gasteiger partial charge in [0.25, 0.3) is 0 Å². The summed E-state index contributed by atoms with van der Waals surface area (Å²) in [5.74, 6) is -4.34. The molecule has 6 rings (SSSR count). The molecule has 0 amide bonds. The predicted octanol–water partition coefficient (Wildman–Crippen LogP) is 4.43. The lowest BCUT2D eigenvalue weighted by Crippen LogP contribution is -2.55. The van der Waals surface area contributed by atoms with Gasteiger partial charge in [0.05, 0.1) is 12.8 Å². The van der Waals surface area contributed by atoms with Gasteiger partial charge < -0.3 is 19.7 Å². The Kier molecular flexibility index (Phi) is 8.35. The van der Waals surface area contributed by atoms with Gasteiger partial charge in [0.2, 0.25) is 0 Å². The fraction of sp³-hybridized carbons (Fsp3) is 0.269. The maximum absolute atomic E-state index is 13.9. The number of aliphatic hydroxyl groups is 2. The summed E-state index contributed by atoms with van der Waals surface area (Å²) in [6.07, 6.45) is 3.27. The van der Waals surface area contributed by atoms with Crippen molar-refractivity contribution in [3.05, 3.63) is 71.2 Å². The Morgan fingerprint density at radius 1 is 1.02 bits per heavy atom. The first-order valence-electron chi connectivity index (χ1n) is 12.4. The molecule has 0 unspecified atom stereocenters. The largest absolute Gasteiger partial charge is 0.394 e. The third-order valence-electron chi connectivity index (χ3n) is 6.60. The number of thioether (sulfide) groups is 1. The van der Waals surface area contributed by atoms with Crippen LogP contribution in [0, 0.1) is 17.5 Å². The SMILES string of the molecule is CO[C@@H]1[C@@H](n2cc(-c3cc(F)c(F)c(F)c3)nn2)[C@@H](O)[C@@H](CO)O[C@@H]1Sc1cc(-c2nccs2)cnc1-c1nccs1. The normalized spacial score (nSPS) is 22.5. The zero-order valence-corrected chi connectivity index (χ0v) is 24.0. The van der Waals surface area contributed by atoms with Gasteiger partial charge in [0.1, 0.15) is 51.2 Å². The van der Waals surface area contributed by atoms with Crippen molar-refractivity contribution in [1.29, 1.82) is 0 Å². The summed E-state index contributed by atoms with van der Waals surface area (Å²) >= 11 is 4.15. The minimum Gasteiger partial charge on any atom is -0.394 e. The fourth-order valence-electron chi connectivity index (χ4n) is 4.61. The van der Waals surface area contributed by atoms with Crippen LogP contribution < -0.4 is 0 Å². The van der Waals surface area contributed by atoms with Crippen molar-refractivity contribution >= 4 is 34.4 Å². The molecule has 1 saturated heterocycles. The summed E-state index contributed by atoms with van der Waals surface area (Å²) in [6, 6.07) is 2.59. The van der Waals surface area contributed by atoms with Gasteiger partial charge in [0, 0.05) is 52.5 Å². The maximum Gasteiger partial charge on any atom is 0.194 e. The van der Waals surface area contributed by atoms with E-state index in [2.05, 4.69) is 25.3 Å². The molecular formula is C26H21F3N6O4S3. The lowest BCUT2D eigenvalue weighted by Gasteiger charge is -2.43. The van der Waals surface area contributed by atoms with Crippen LogP contribution in [0.4, 0.5) is 13.2 Å². The molecule has 0 spiro atoms. The molecule has 0 saturated carbocycles. The molecule has 1 aromatic carbocycles. The zero-order chi connectivity index (χ0) is 29.4. The van der Waals surface area contributed by atoms with Gasteiger partial charge in [-0.05, 0) is 18.2 Å². The van der Waals surface area contributed by atoms with E-state index >= 15 is 0 Å². The quantitative estimate of drug-likeness (QED) is 0.237. The molecule has 1 aliphatic rings. The molecule has 0 radical (unpaired) electrons. The van der Waals surface area contributed by atoms with Crippen molar-refractivity contribution in [3.8, 4) is 32.5 Å². The number of aliphatic hydroxyl groups excluding tert-OH is 2. The summed E-state index contributed by atoms with van der Waals surface area (Å²) < 4.78 is 54.5. The van der Waals surface area contributed by atoms with E-state index < -0.39 is 53.8 Å². The van der Waals surface area contributed by atoms with Gasteiger partial charge in [-0.1, -0.05) is 17.0 Å². The van der Waals surface area contributed by atoms with Crippen molar-refractivity contribution in [3.63, 3.8) is 0 Å². The smallest absolute Gasteiger partial charge is 0.194 e. The first-order chi connectivity index (χ1) is 20.4. The molecule has 1 fully saturated rings. The molecule has 42 heavy (non-hydrogen) atoms. The lowest BCUT2D eigenvalue weighted by molar-refractivity contribution is -0.186. The van der Waals surface area contributed by atoms with Crippen LogP contribution in [0.1, 0.15) is 6.04 Å². The molecule has 16 heteroatoms. The average molecular weight is 635 g/mol. The molecule has 0 bridgehead atoms. The Balaban J connectivity index is 1.37. The number of halogens is 3. The highest BCUT2D eigenvalue weighted by atomic mass is 32.2. The van der Waals surface area contributed by atoms with E-state index in [0.717, 1.165) is 22.7 Å². The van der Waals surface area contributed by atoms with Gasteiger partial charge in [-0.3, -0.25) is 4.98 Å². The molecule has 218 valence electrons. The van der Waals surface area contributed by atoms with Gasteiger partial charge >= 0.3 is 0 Å². The summed E-state index contributed by atoms with van der Waals surface area (Å²) in [5.41, 5.74) is 0.599. The van der Waals surface area contributed by atoms with E-state index in [9.17, 15) is 23.4 Å². The van der Waals surface area contributed by atoms with Crippen molar-refractivity contribution in [1.82, 2.24) is 29.9 Å². The molecule has 0 aliphatic carbocycles. The first-order valence-corrected chi connectivity index (χ1v) is 15.0. The van der Waals surface area contributed by atoms with Crippen LogP contribution >= 0.6 is 34.4 Å². The van der Waals surface area contributed by atoms with Gasteiger partial charge in [-0.2, -0.15) is 0 Å². The number of hydrogen-bond acceptors (Lipinski definition) is 12. The van der Waals surface area contributed by atoms with Crippen molar-refractivity contribution in [2.24, 2.45) is 0 Å². The van der Waals surface area contributed by atoms with Crippen molar-refractivity contribution < 1.29 is 32.9 Å². The Morgan fingerprint density at radius 3 is 2.38 bits per heavy atom. The second-order valence-electron chi connectivity index (χ2n) is 9.11. The number of aromatic nitrogens is 6. The molecule has 4 aromatic heterocycles. The topological polar surface area (TPSA) is 128 Å². The van der Waals surface area contributed by atoms with E-state index in [1.807, 2.05) is 16.8 Å². The Bertz CT molecular complexity index is 1650. The Hall–Kier alpha value is -3.25. The van der Waals surface area contributed by atoms with Crippen LogP contribution in [0.3, 0.4) is 0 Å². The number of pyridine rings is 1. The molecule has 5 atom stereocenters. The van der Waals surface area contributed by atoms with E-state index in [-0.39, 0.29) is 11.3 Å². The van der Waals surface area contributed by atoms with E-state index in [4.69, 9.17) is 9.47 Å². The summed E-state index contributed by atoms with van der Waals surface area (Å²) in [4.78, 5) is 14.1. The minimum atomic E-state index is -1.60. The number of benzene rings is 1. The average Bonchev–Trinajstić information content (AvgIpc) is 3.79. The van der Waals surface area contributed by atoms with E-state index in [1.54, 1.807) is 18.6 Å². The van der Waals surface area contributed by atoms with Crippen LogP contribution in [0.2, 0.25) is 0 Å². The predicted molar refractivity (Wildman–Crippen MR) is 149 cm³/mol. The second-order valence-corrected chi connectivity index (χ2v) is 12.0. The molecule has 1 aliphatic heterocycles. The monoisotopic (exact) mass is 634 g/mol. The van der Waals surface area contributed by atoms with Crippen LogP contribution in [0.5, 0.6) is 0 Å². The van der Waals surface area contributed by atoms with E-state index in [1.165, 1.54) is 52.4 Å². The third kappa shape index (κ3) is 5.46. The molecule has 5 heterocycles. The lowest BCUT2D eigenvalue weighted by atomic mass is 9.97. The van der Waals surface area contributed by atoms with Crippen molar-refractivity contribution in [2.75, 3.05) is 13.7 Å². The van der Waals surface area contributed by atoms with Crippen LogP contribution in [-0.2, 0) is 9.47 Å². The summed E-state index contributed by atoms with van der Waals surface area (Å²) in [6.45, 7) is -0.516. The molecule has 2 N–H and O–H groups in total. The van der Waals surface area contributed by atoms with Gasteiger partial charge in [0.15, 0.2) is 17.5 Å². The highest BCUT2D eigenvalue weighted by Crippen LogP contribution is 2.43. The maximum atomic E-state index is 13.9. The highest BCUT2D eigenvalue weighted by molar-refractivity contribution is 8.00. The van der Waals surface area contributed by atoms with Crippen LogP contribution in [0.25, 0.3) is 32.5 Å². The van der Waals surface area contributed by atoms with Crippen molar-refractivity contribution in [2.45, 2.75) is 34.7 Å². The molecule has 5 aromatic rings. The van der Waals surface area contributed by atoms with Crippen LogP contribution in [-0.4, -0.2) is 77.6 Å². The highest BCUT2D eigenvalue weighted by Gasteiger charge is 2.47. The van der Waals surface area contributed by atoms with Gasteiger partial charge in [-0.15, -0.1) is 27.8 Å². The Morgan fingerprint density at radius 2 is 1.74 bits per heavy atom. The standard InChI is InChI=1S/C26H21F3N6O4S3/c1-38-23-21(35-10-16(33-34-35)12-6-14(27)19(29)15(28)7-12)22(37)17(11-36)39-26(23)42-18-8-13(24-30-2-4-40-24)9-32-20(18)25-31-3-5-41-25/h2-10,17,21-23,26,36-37H,11H2,1H3/t17-,21+,22+,23-,26-/m1/s1. The fourth-order valence-corrected chi connectivity index (χ4v) is 7.25. The number of nitrogens with zero attached hydrogens (tertiary/aromatic N) is 6. The van der Waals surface area contributed by atoms with Crippen LogP contribution in [0.15, 0.2) is 58.6 Å². The number of rotatable bonds is 8. The zero-order valence-electron chi connectivity index (χ0n) is 21.5. The molecular weight excluding hydrogens is 614 g/mol. The number of ether oxygens (including phenoxy) is 2. The number of thiazole rings is 2. The second kappa shape index (κ2) is 12.2. The summed E-state index contributed by atoms with van der Waals surface area (Å²) in [5, 5.41) is 34.5. The number of hydrogen-bond donors (Lipinski definition) is 2. The number of methoxy groups -OCH3 is 1. The summed E-state index contributed by atoms with van der Waals surface area (Å²) in [7, 11) is 1.44.